The largest absolute Gasteiger partial charge is 0.416 e. The van der Waals surface area contributed by atoms with E-state index < -0.39 is 17.6 Å². The minimum absolute atomic E-state index is 0.288. The predicted molar refractivity (Wildman–Crippen MR) is 72.0 cm³/mol. The van der Waals surface area contributed by atoms with Crippen LogP contribution in [-0.2, 0) is 12.7 Å². The van der Waals surface area contributed by atoms with Crippen LogP contribution in [0.2, 0.25) is 0 Å². The highest BCUT2D eigenvalue weighted by Gasteiger charge is 2.40. The second-order valence-electron chi connectivity index (χ2n) is 6.32. The highest BCUT2D eigenvalue weighted by molar-refractivity contribution is 5.26. The van der Waals surface area contributed by atoms with Gasteiger partial charge in [-0.15, -0.1) is 0 Å². The summed E-state index contributed by atoms with van der Waals surface area (Å²) < 4.78 is 51.2. The number of nitrogens with one attached hydrogen (secondary N) is 1. The van der Waals surface area contributed by atoms with E-state index in [-0.39, 0.29) is 6.54 Å². The molecule has 21 heavy (non-hydrogen) atoms. The number of benzene rings is 1. The van der Waals surface area contributed by atoms with Gasteiger partial charge in [0.25, 0.3) is 0 Å². The number of hydrogen-bond acceptors (Lipinski definition) is 1. The first-order chi connectivity index (χ1) is 9.93. The standard InChI is InChI=1S/C16H19F4N/c17-14-6-10(5-13(7-14)16(18,19)20)8-21-9-15(11-1-2-11)12-3-4-12/h5-7,11-12,15,21H,1-4,8-9H2. The topological polar surface area (TPSA) is 12.0 Å². The van der Waals surface area contributed by atoms with Crippen molar-refractivity contribution in [2.75, 3.05) is 6.54 Å². The molecule has 5 heteroatoms. The quantitative estimate of drug-likeness (QED) is 0.769. The summed E-state index contributed by atoms with van der Waals surface area (Å²) in [5.74, 6) is 1.41. The molecular formula is C16H19F4N. The minimum atomic E-state index is -4.50. The molecule has 116 valence electrons. The summed E-state index contributed by atoms with van der Waals surface area (Å²) in [5, 5.41) is 3.22. The molecule has 1 aromatic carbocycles. The Hall–Kier alpha value is -1.10. The monoisotopic (exact) mass is 301 g/mol. The Morgan fingerprint density at radius 1 is 1.05 bits per heavy atom. The van der Waals surface area contributed by atoms with Crippen molar-refractivity contribution in [1.82, 2.24) is 5.32 Å². The van der Waals surface area contributed by atoms with Gasteiger partial charge in [0.05, 0.1) is 5.56 Å². The van der Waals surface area contributed by atoms with Crippen molar-refractivity contribution in [3.63, 3.8) is 0 Å². The number of hydrogen-bond donors (Lipinski definition) is 1. The number of halogens is 4. The van der Waals surface area contributed by atoms with Crippen LogP contribution in [0.5, 0.6) is 0 Å². The van der Waals surface area contributed by atoms with Crippen LogP contribution in [-0.4, -0.2) is 6.54 Å². The lowest BCUT2D eigenvalue weighted by Gasteiger charge is -2.16. The van der Waals surface area contributed by atoms with E-state index >= 15 is 0 Å². The van der Waals surface area contributed by atoms with Crippen molar-refractivity contribution in [1.29, 1.82) is 0 Å². The SMILES string of the molecule is Fc1cc(CNCC(C2CC2)C2CC2)cc(C(F)(F)F)c1. The van der Waals surface area contributed by atoms with Crippen molar-refractivity contribution >= 4 is 0 Å². The highest BCUT2D eigenvalue weighted by atomic mass is 19.4. The lowest BCUT2D eigenvalue weighted by Crippen LogP contribution is -2.25. The van der Waals surface area contributed by atoms with E-state index in [1.807, 2.05) is 0 Å². The van der Waals surface area contributed by atoms with Gasteiger partial charge in [0, 0.05) is 6.54 Å². The summed E-state index contributed by atoms with van der Waals surface area (Å²) >= 11 is 0. The van der Waals surface area contributed by atoms with Gasteiger partial charge in [-0.25, -0.2) is 4.39 Å². The summed E-state index contributed by atoms with van der Waals surface area (Å²) in [7, 11) is 0. The Balaban J connectivity index is 1.58. The first kappa shape index (κ1) is 14.8. The Kier molecular flexibility index (Phi) is 3.95. The third-order valence-corrected chi connectivity index (χ3v) is 4.45. The van der Waals surface area contributed by atoms with E-state index in [4.69, 9.17) is 0 Å². The Bertz CT molecular complexity index is 491. The average molecular weight is 301 g/mol. The summed E-state index contributed by atoms with van der Waals surface area (Å²) in [6.07, 6.45) is 0.617. The molecular weight excluding hydrogens is 282 g/mol. The van der Waals surface area contributed by atoms with Crippen LogP contribution in [0.3, 0.4) is 0 Å². The molecule has 1 aromatic rings. The van der Waals surface area contributed by atoms with Gasteiger partial charge < -0.3 is 5.32 Å². The molecule has 0 heterocycles. The summed E-state index contributed by atoms with van der Waals surface area (Å²) in [6.45, 7) is 1.12. The van der Waals surface area contributed by atoms with Crippen LogP contribution in [0.1, 0.15) is 36.8 Å². The Labute approximate surface area is 121 Å². The second kappa shape index (κ2) is 5.59. The highest BCUT2D eigenvalue weighted by Crippen LogP contribution is 2.48. The molecule has 0 radical (unpaired) electrons. The summed E-state index contributed by atoms with van der Waals surface area (Å²) in [4.78, 5) is 0. The molecule has 0 unspecified atom stereocenters. The molecule has 1 nitrogen and oxygen atoms in total. The number of rotatable bonds is 6. The fraction of sp³-hybridized carbons (Fsp3) is 0.625. The second-order valence-corrected chi connectivity index (χ2v) is 6.32. The summed E-state index contributed by atoms with van der Waals surface area (Å²) in [6, 6.07) is 2.74. The lowest BCUT2D eigenvalue weighted by molar-refractivity contribution is -0.137. The first-order valence-electron chi connectivity index (χ1n) is 7.51. The molecule has 2 saturated carbocycles. The Morgan fingerprint density at radius 2 is 1.67 bits per heavy atom. The maximum atomic E-state index is 13.3. The molecule has 0 amide bonds. The number of alkyl halides is 3. The van der Waals surface area contributed by atoms with Gasteiger partial charge in [0.15, 0.2) is 0 Å². The van der Waals surface area contributed by atoms with Gasteiger partial charge >= 0.3 is 6.18 Å². The van der Waals surface area contributed by atoms with Crippen LogP contribution in [0, 0.1) is 23.6 Å². The molecule has 0 aromatic heterocycles. The van der Waals surface area contributed by atoms with E-state index in [1.165, 1.54) is 31.7 Å². The smallest absolute Gasteiger partial charge is 0.312 e. The fourth-order valence-corrected chi connectivity index (χ4v) is 3.07. The van der Waals surface area contributed by atoms with E-state index in [0.29, 0.717) is 17.5 Å². The van der Waals surface area contributed by atoms with Crippen molar-refractivity contribution in [3.05, 3.63) is 35.1 Å². The molecule has 0 saturated heterocycles. The van der Waals surface area contributed by atoms with Crippen molar-refractivity contribution in [3.8, 4) is 0 Å². The molecule has 1 N–H and O–H groups in total. The molecule has 2 aliphatic carbocycles. The third kappa shape index (κ3) is 3.96. The van der Waals surface area contributed by atoms with Gasteiger partial charge in [-0.2, -0.15) is 13.2 Å². The van der Waals surface area contributed by atoms with Gasteiger partial charge in [-0.1, -0.05) is 0 Å². The van der Waals surface area contributed by atoms with E-state index in [0.717, 1.165) is 24.4 Å². The molecule has 2 aliphatic rings. The molecule has 3 rings (SSSR count). The van der Waals surface area contributed by atoms with Gasteiger partial charge in [0.2, 0.25) is 0 Å². The lowest BCUT2D eigenvalue weighted by atomic mass is 9.98. The zero-order valence-electron chi connectivity index (χ0n) is 11.7. The van der Waals surface area contributed by atoms with Crippen LogP contribution in [0.4, 0.5) is 17.6 Å². The van der Waals surface area contributed by atoms with Crippen molar-refractivity contribution < 1.29 is 17.6 Å². The van der Waals surface area contributed by atoms with E-state index in [9.17, 15) is 17.6 Å². The summed E-state index contributed by atoms with van der Waals surface area (Å²) in [5.41, 5.74) is -0.562. The van der Waals surface area contributed by atoms with E-state index in [1.54, 1.807) is 0 Å². The van der Waals surface area contributed by atoms with Gasteiger partial charge in [-0.05, 0) is 73.7 Å². The Morgan fingerprint density at radius 3 is 2.19 bits per heavy atom. The molecule has 0 bridgehead atoms. The van der Waals surface area contributed by atoms with Gasteiger partial charge in [0.1, 0.15) is 5.82 Å². The normalized spacial score (nSPS) is 19.3. The maximum Gasteiger partial charge on any atom is 0.416 e. The molecule has 0 spiro atoms. The van der Waals surface area contributed by atoms with Crippen molar-refractivity contribution in [2.45, 2.75) is 38.4 Å². The third-order valence-electron chi connectivity index (χ3n) is 4.45. The maximum absolute atomic E-state index is 13.3. The molecule has 0 atom stereocenters. The van der Waals surface area contributed by atoms with Crippen LogP contribution in [0.25, 0.3) is 0 Å². The zero-order valence-corrected chi connectivity index (χ0v) is 11.7. The molecule has 0 aliphatic heterocycles. The van der Waals surface area contributed by atoms with Crippen molar-refractivity contribution in [2.24, 2.45) is 17.8 Å². The minimum Gasteiger partial charge on any atom is -0.312 e. The van der Waals surface area contributed by atoms with Crippen LogP contribution >= 0.6 is 0 Å². The molecule has 2 fully saturated rings. The zero-order chi connectivity index (χ0) is 15.0. The van der Waals surface area contributed by atoms with Crippen LogP contribution in [0.15, 0.2) is 18.2 Å². The average Bonchev–Trinajstić information content (AvgIpc) is 3.25. The fourth-order valence-electron chi connectivity index (χ4n) is 3.07. The first-order valence-corrected chi connectivity index (χ1v) is 7.51. The van der Waals surface area contributed by atoms with E-state index in [2.05, 4.69) is 5.32 Å². The predicted octanol–water partition coefficient (Wildman–Crippen LogP) is 4.37. The van der Waals surface area contributed by atoms with Crippen LogP contribution < -0.4 is 5.32 Å². The van der Waals surface area contributed by atoms with Gasteiger partial charge in [-0.3, -0.25) is 0 Å².